The average molecular weight is 372 g/mol. The van der Waals surface area contributed by atoms with Crippen LogP contribution in [0.25, 0.3) is 0 Å². The molecule has 2 fully saturated rings. The molecule has 2 rings (SSSR count). The van der Waals surface area contributed by atoms with Crippen LogP contribution >= 0.6 is 0 Å². The molecule has 0 aromatic rings. The van der Waals surface area contributed by atoms with Gasteiger partial charge in [-0.1, -0.05) is 32.1 Å². The number of carbonyl (C=O) groups excluding carboxylic acids is 1. The number of carboxylic acid groups (broad SMARTS) is 2. The van der Waals surface area contributed by atoms with Gasteiger partial charge in [0.2, 0.25) is 5.91 Å². The molecule has 26 heavy (non-hydrogen) atoms. The van der Waals surface area contributed by atoms with E-state index in [2.05, 4.69) is 24.1 Å². The Morgan fingerprint density at radius 3 is 1.85 bits per heavy atom. The van der Waals surface area contributed by atoms with E-state index in [9.17, 15) is 4.79 Å². The van der Waals surface area contributed by atoms with Crippen molar-refractivity contribution in [1.82, 2.24) is 10.2 Å². The van der Waals surface area contributed by atoms with Crippen molar-refractivity contribution in [3.8, 4) is 0 Å². The summed E-state index contributed by atoms with van der Waals surface area (Å²) in [5.41, 5.74) is 0. The Kier molecular flexibility index (Phi) is 10.2. The van der Waals surface area contributed by atoms with Crippen molar-refractivity contribution in [2.75, 3.05) is 19.6 Å². The highest BCUT2D eigenvalue weighted by Gasteiger charge is 2.24. The van der Waals surface area contributed by atoms with Gasteiger partial charge in [-0.05, 0) is 26.7 Å². The standard InChI is InChI=1S/C16H30N2O2.C2H2O4/c1-13-10-18(11-14(2)20-13)12-16(19)17-15-8-6-4-3-5-7-9-15;3-1(4)2(5)6/h13-15H,3-12H2,1-2H3,(H,17,19);(H,3,4)(H,5,6). The van der Waals surface area contributed by atoms with Crippen LogP contribution in [0.15, 0.2) is 0 Å². The number of carboxylic acids is 2. The van der Waals surface area contributed by atoms with E-state index in [0.29, 0.717) is 12.6 Å². The van der Waals surface area contributed by atoms with Crippen molar-refractivity contribution in [3.05, 3.63) is 0 Å². The van der Waals surface area contributed by atoms with E-state index in [1.807, 2.05) is 0 Å². The first-order valence-electron chi connectivity index (χ1n) is 9.41. The number of amides is 1. The molecular formula is C18H32N2O6. The van der Waals surface area contributed by atoms with E-state index in [4.69, 9.17) is 24.5 Å². The highest BCUT2D eigenvalue weighted by Crippen LogP contribution is 2.17. The Morgan fingerprint density at radius 2 is 1.38 bits per heavy atom. The van der Waals surface area contributed by atoms with Crippen LogP contribution in [0.5, 0.6) is 0 Å². The molecule has 0 aromatic heterocycles. The van der Waals surface area contributed by atoms with Crippen LogP contribution in [-0.4, -0.2) is 70.8 Å². The molecule has 2 unspecified atom stereocenters. The second-order valence-electron chi connectivity index (χ2n) is 7.17. The number of hydrogen-bond acceptors (Lipinski definition) is 5. The van der Waals surface area contributed by atoms with Gasteiger partial charge in [0.1, 0.15) is 0 Å². The zero-order chi connectivity index (χ0) is 19.5. The molecule has 0 radical (unpaired) electrons. The third kappa shape index (κ3) is 9.72. The predicted molar refractivity (Wildman–Crippen MR) is 96.0 cm³/mol. The quantitative estimate of drug-likeness (QED) is 0.643. The zero-order valence-electron chi connectivity index (χ0n) is 15.8. The molecule has 3 N–H and O–H groups in total. The van der Waals surface area contributed by atoms with Gasteiger partial charge in [0.25, 0.3) is 0 Å². The van der Waals surface area contributed by atoms with E-state index < -0.39 is 11.9 Å². The number of morpholine rings is 1. The summed E-state index contributed by atoms with van der Waals surface area (Å²) in [6.07, 6.45) is 9.30. The van der Waals surface area contributed by atoms with Gasteiger partial charge in [0, 0.05) is 19.1 Å². The van der Waals surface area contributed by atoms with Crippen molar-refractivity contribution in [3.63, 3.8) is 0 Å². The molecule has 1 amide bonds. The minimum atomic E-state index is -1.82. The smallest absolute Gasteiger partial charge is 0.414 e. The number of hydrogen-bond donors (Lipinski definition) is 3. The van der Waals surface area contributed by atoms with Crippen LogP contribution in [0.4, 0.5) is 0 Å². The van der Waals surface area contributed by atoms with Gasteiger partial charge >= 0.3 is 11.9 Å². The molecule has 1 aliphatic carbocycles. The Labute approximate surface area is 154 Å². The number of carbonyl (C=O) groups is 3. The van der Waals surface area contributed by atoms with Gasteiger partial charge < -0.3 is 20.3 Å². The van der Waals surface area contributed by atoms with Gasteiger partial charge in [-0.15, -0.1) is 0 Å². The van der Waals surface area contributed by atoms with Crippen LogP contribution in [0.2, 0.25) is 0 Å². The molecular weight excluding hydrogens is 340 g/mol. The first kappa shape index (κ1) is 22.4. The molecule has 8 heteroatoms. The highest BCUT2D eigenvalue weighted by atomic mass is 16.5. The molecule has 2 atom stereocenters. The van der Waals surface area contributed by atoms with Gasteiger partial charge in [-0.25, -0.2) is 9.59 Å². The monoisotopic (exact) mass is 372 g/mol. The summed E-state index contributed by atoms with van der Waals surface area (Å²) in [7, 11) is 0. The molecule has 150 valence electrons. The van der Waals surface area contributed by atoms with Crippen molar-refractivity contribution in [2.24, 2.45) is 0 Å². The third-order valence-corrected chi connectivity index (χ3v) is 4.52. The lowest BCUT2D eigenvalue weighted by Gasteiger charge is -2.35. The molecule has 1 aliphatic heterocycles. The lowest BCUT2D eigenvalue weighted by molar-refractivity contribution is -0.159. The predicted octanol–water partition coefficient (Wildman–Crippen LogP) is 1.48. The minimum absolute atomic E-state index is 0.192. The molecule has 2 aliphatic rings. The zero-order valence-corrected chi connectivity index (χ0v) is 15.8. The Balaban J connectivity index is 0.000000487. The van der Waals surface area contributed by atoms with Crippen LogP contribution < -0.4 is 5.32 Å². The Bertz CT molecular complexity index is 441. The summed E-state index contributed by atoms with van der Waals surface area (Å²) < 4.78 is 5.70. The fourth-order valence-corrected chi connectivity index (χ4v) is 3.49. The fraction of sp³-hybridized carbons (Fsp3) is 0.833. The fourth-order valence-electron chi connectivity index (χ4n) is 3.49. The lowest BCUT2D eigenvalue weighted by atomic mass is 9.97. The average Bonchev–Trinajstić information content (AvgIpc) is 2.49. The van der Waals surface area contributed by atoms with E-state index in [0.717, 1.165) is 25.9 Å². The highest BCUT2D eigenvalue weighted by molar-refractivity contribution is 6.27. The maximum Gasteiger partial charge on any atom is 0.414 e. The molecule has 1 saturated heterocycles. The van der Waals surface area contributed by atoms with E-state index in [1.165, 1.54) is 32.1 Å². The number of nitrogens with zero attached hydrogens (tertiary/aromatic N) is 1. The van der Waals surface area contributed by atoms with Crippen molar-refractivity contribution >= 4 is 17.8 Å². The number of rotatable bonds is 3. The van der Waals surface area contributed by atoms with Crippen LogP contribution in [0, 0.1) is 0 Å². The summed E-state index contributed by atoms with van der Waals surface area (Å²) in [5.74, 6) is -3.46. The molecule has 1 heterocycles. The summed E-state index contributed by atoms with van der Waals surface area (Å²) in [6.45, 7) is 6.41. The maximum atomic E-state index is 12.2. The Hall–Kier alpha value is -1.67. The summed E-state index contributed by atoms with van der Waals surface area (Å²) in [4.78, 5) is 32.6. The number of nitrogens with one attached hydrogen (secondary N) is 1. The molecule has 0 bridgehead atoms. The SMILES string of the molecule is CC1CN(CC(=O)NC2CCCCCCC2)CC(C)O1.O=C(O)C(=O)O. The molecule has 1 saturated carbocycles. The Morgan fingerprint density at radius 1 is 0.923 bits per heavy atom. The van der Waals surface area contributed by atoms with Crippen molar-refractivity contribution in [2.45, 2.75) is 77.0 Å². The maximum absolute atomic E-state index is 12.2. The van der Waals surface area contributed by atoms with Crippen LogP contribution in [0.1, 0.15) is 58.8 Å². The summed E-state index contributed by atoms with van der Waals surface area (Å²) in [6, 6.07) is 0.402. The first-order chi connectivity index (χ1) is 12.3. The van der Waals surface area contributed by atoms with Crippen molar-refractivity contribution < 1.29 is 29.3 Å². The summed E-state index contributed by atoms with van der Waals surface area (Å²) in [5, 5.41) is 18.0. The second-order valence-corrected chi connectivity index (χ2v) is 7.17. The lowest BCUT2D eigenvalue weighted by Crippen LogP contribution is -2.50. The topological polar surface area (TPSA) is 116 Å². The summed E-state index contributed by atoms with van der Waals surface area (Å²) >= 11 is 0. The van der Waals surface area contributed by atoms with E-state index in [1.54, 1.807) is 0 Å². The van der Waals surface area contributed by atoms with Crippen LogP contribution in [0.3, 0.4) is 0 Å². The molecule has 8 nitrogen and oxygen atoms in total. The van der Waals surface area contributed by atoms with Gasteiger partial charge in [0.05, 0.1) is 18.8 Å². The van der Waals surface area contributed by atoms with Gasteiger partial charge in [0.15, 0.2) is 0 Å². The van der Waals surface area contributed by atoms with Crippen LogP contribution in [-0.2, 0) is 19.1 Å². The van der Waals surface area contributed by atoms with E-state index >= 15 is 0 Å². The number of ether oxygens (including phenoxy) is 1. The second kappa shape index (κ2) is 11.9. The number of aliphatic carboxylic acids is 2. The van der Waals surface area contributed by atoms with Gasteiger partial charge in [-0.2, -0.15) is 0 Å². The van der Waals surface area contributed by atoms with E-state index in [-0.39, 0.29) is 18.1 Å². The molecule has 0 aromatic carbocycles. The van der Waals surface area contributed by atoms with Gasteiger partial charge in [-0.3, -0.25) is 9.69 Å². The molecule has 0 spiro atoms. The van der Waals surface area contributed by atoms with Crippen molar-refractivity contribution in [1.29, 1.82) is 0 Å². The first-order valence-corrected chi connectivity index (χ1v) is 9.41. The largest absolute Gasteiger partial charge is 0.473 e. The minimum Gasteiger partial charge on any atom is -0.473 e. The third-order valence-electron chi connectivity index (χ3n) is 4.52. The normalized spacial score (nSPS) is 25.2.